The van der Waals surface area contributed by atoms with Crippen molar-refractivity contribution in [3.63, 3.8) is 0 Å². The number of fused-ring (bicyclic) bond motifs is 1. The van der Waals surface area contributed by atoms with Crippen molar-refractivity contribution in [2.24, 2.45) is 0 Å². The summed E-state index contributed by atoms with van der Waals surface area (Å²) in [5, 5.41) is 3.12. The minimum absolute atomic E-state index is 0.0763. The second-order valence-electron chi connectivity index (χ2n) is 6.21. The second kappa shape index (κ2) is 7.45. The number of benzene rings is 2. The third-order valence-corrected chi connectivity index (χ3v) is 4.45. The molecule has 3 aromatic rings. The number of anilines is 3. The van der Waals surface area contributed by atoms with Gasteiger partial charge in [0, 0.05) is 30.3 Å². The van der Waals surface area contributed by atoms with E-state index < -0.39 is 0 Å². The van der Waals surface area contributed by atoms with Crippen molar-refractivity contribution in [3.8, 4) is 5.75 Å². The molecule has 0 unspecified atom stereocenters. The molecule has 0 saturated heterocycles. The van der Waals surface area contributed by atoms with Crippen molar-refractivity contribution in [3.05, 3.63) is 72.1 Å². The van der Waals surface area contributed by atoms with Gasteiger partial charge in [-0.25, -0.2) is 9.97 Å². The number of carbonyl (C=O) groups is 1. The number of nitrogens with one attached hydrogen (secondary N) is 1. The zero-order chi connectivity index (χ0) is 18.6. The van der Waals surface area contributed by atoms with Gasteiger partial charge in [-0.2, -0.15) is 0 Å². The van der Waals surface area contributed by atoms with E-state index in [-0.39, 0.29) is 5.91 Å². The summed E-state index contributed by atoms with van der Waals surface area (Å²) in [4.78, 5) is 23.1. The van der Waals surface area contributed by atoms with Crippen molar-refractivity contribution in [1.29, 1.82) is 0 Å². The lowest BCUT2D eigenvalue weighted by Gasteiger charge is -2.17. The first-order valence-electron chi connectivity index (χ1n) is 8.96. The van der Waals surface area contributed by atoms with E-state index in [0.717, 1.165) is 23.5 Å². The maximum Gasteiger partial charge on any atom is 0.261 e. The van der Waals surface area contributed by atoms with Gasteiger partial charge in [-0.1, -0.05) is 18.2 Å². The molecular weight excluding hydrogens is 340 g/mol. The minimum atomic E-state index is -0.0763. The first-order chi connectivity index (χ1) is 13.2. The van der Waals surface area contributed by atoms with Crippen LogP contribution in [-0.4, -0.2) is 29.0 Å². The van der Waals surface area contributed by atoms with E-state index in [1.807, 2.05) is 49.4 Å². The molecule has 6 nitrogen and oxygen atoms in total. The summed E-state index contributed by atoms with van der Waals surface area (Å²) in [5.74, 6) is 1.18. The van der Waals surface area contributed by atoms with Crippen LogP contribution >= 0.6 is 0 Å². The van der Waals surface area contributed by atoms with Gasteiger partial charge in [0.2, 0.25) is 5.95 Å². The van der Waals surface area contributed by atoms with Crippen LogP contribution < -0.4 is 15.0 Å². The highest BCUT2D eigenvalue weighted by Crippen LogP contribution is 2.28. The van der Waals surface area contributed by atoms with Crippen LogP contribution in [0.4, 0.5) is 17.3 Å². The van der Waals surface area contributed by atoms with E-state index in [4.69, 9.17) is 4.74 Å². The predicted molar refractivity (Wildman–Crippen MR) is 105 cm³/mol. The zero-order valence-corrected chi connectivity index (χ0v) is 15.1. The molecule has 0 radical (unpaired) electrons. The summed E-state index contributed by atoms with van der Waals surface area (Å²) < 4.78 is 5.43. The monoisotopic (exact) mass is 360 g/mol. The Morgan fingerprint density at radius 1 is 1.11 bits per heavy atom. The summed E-state index contributed by atoms with van der Waals surface area (Å²) in [5.41, 5.74) is 3.49. The van der Waals surface area contributed by atoms with E-state index >= 15 is 0 Å². The van der Waals surface area contributed by atoms with Crippen molar-refractivity contribution >= 4 is 23.2 Å². The van der Waals surface area contributed by atoms with Crippen LogP contribution in [0.1, 0.15) is 22.8 Å². The van der Waals surface area contributed by atoms with Crippen LogP contribution in [0.3, 0.4) is 0 Å². The van der Waals surface area contributed by atoms with E-state index in [0.29, 0.717) is 24.7 Å². The van der Waals surface area contributed by atoms with Crippen molar-refractivity contribution in [1.82, 2.24) is 9.97 Å². The molecular formula is C21H20N4O2. The number of hydrogen-bond donors (Lipinski definition) is 1. The number of rotatable bonds is 5. The molecule has 1 aromatic heterocycles. The van der Waals surface area contributed by atoms with Crippen LogP contribution in [0.25, 0.3) is 0 Å². The number of ether oxygens (including phenoxy) is 1. The Kier molecular flexibility index (Phi) is 4.70. The summed E-state index contributed by atoms with van der Waals surface area (Å²) in [7, 11) is 0. The third kappa shape index (κ3) is 3.60. The topological polar surface area (TPSA) is 67.3 Å². The Balaban J connectivity index is 1.45. The van der Waals surface area contributed by atoms with Gasteiger partial charge in [-0.3, -0.25) is 4.79 Å². The molecule has 1 N–H and O–H groups in total. The van der Waals surface area contributed by atoms with Gasteiger partial charge in [-0.15, -0.1) is 0 Å². The van der Waals surface area contributed by atoms with Crippen LogP contribution in [-0.2, 0) is 6.42 Å². The molecule has 1 aliphatic rings. The number of amides is 1. The molecule has 2 aromatic carbocycles. The Morgan fingerprint density at radius 3 is 2.59 bits per heavy atom. The number of para-hydroxylation sites is 1. The van der Waals surface area contributed by atoms with Crippen LogP contribution in [0.2, 0.25) is 0 Å². The fourth-order valence-electron chi connectivity index (χ4n) is 3.14. The average Bonchev–Trinajstić information content (AvgIpc) is 3.14. The van der Waals surface area contributed by atoms with Crippen molar-refractivity contribution in [2.75, 3.05) is 23.4 Å². The molecule has 0 bridgehead atoms. The molecule has 0 atom stereocenters. The fraction of sp³-hybridized carbons (Fsp3) is 0.190. The van der Waals surface area contributed by atoms with Gasteiger partial charge in [0.1, 0.15) is 5.75 Å². The summed E-state index contributed by atoms with van der Waals surface area (Å²) >= 11 is 0. The first kappa shape index (κ1) is 17.0. The molecule has 0 spiro atoms. The highest BCUT2D eigenvalue weighted by molar-refractivity contribution is 6.07. The highest BCUT2D eigenvalue weighted by atomic mass is 16.5. The predicted octanol–water partition coefficient (Wildman–Crippen LogP) is 3.82. The lowest BCUT2D eigenvalue weighted by Crippen LogP contribution is -2.29. The third-order valence-electron chi connectivity index (χ3n) is 4.45. The van der Waals surface area contributed by atoms with E-state index in [2.05, 4.69) is 21.4 Å². The lowest BCUT2D eigenvalue weighted by molar-refractivity contribution is 0.0988. The molecule has 136 valence electrons. The molecule has 0 aliphatic carbocycles. The molecule has 6 heteroatoms. The minimum Gasteiger partial charge on any atom is -0.494 e. The number of aromatic nitrogens is 2. The van der Waals surface area contributed by atoms with Gasteiger partial charge in [0.15, 0.2) is 0 Å². The lowest BCUT2D eigenvalue weighted by atomic mass is 10.2. The Bertz CT molecular complexity index is 939. The quantitative estimate of drug-likeness (QED) is 0.749. The zero-order valence-electron chi connectivity index (χ0n) is 15.1. The summed E-state index contributed by atoms with van der Waals surface area (Å²) in [6.07, 6.45) is 4.00. The smallest absolute Gasteiger partial charge is 0.261 e. The van der Waals surface area contributed by atoms with Crippen molar-refractivity contribution < 1.29 is 9.53 Å². The maximum atomic E-state index is 12.8. The van der Waals surface area contributed by atoms with Crippen LogP contribution in [0, 0.1) is 0 Å². The van der Waals surface area contributed by atoms with E-state index in [1.165, 1.54) is 5.56 Å². The highest BCUT2D eigenvalue weighted by Gasteiger charge is 2.25. The first-order valence-corrected chi connectivity index (χ1v) is 8.96. The van der Waals surface area contributed by atoms with Gasteiger partial charge < -0.3 is 15.0 Å². The fourth-order valence-corrected chi connectivity index (χ4v) is 3.14. The van der Waals surface area contributed by atoms with Gasteiger partial charge in [-0.05, 0) is 49.2 Å². The van der Waals surface area contributed by atoms with Gasteiger partial charge >= 0.3 is 0 Å². The molecule has 0 saturated carbocycles. The van der Waals surface area contributed by atoms with E-state index in [1.54, 1.807) is 17.3 Å². The Hall–Kier alpha value is -3.41. The molecule has 27 heavy (non-hydrogen) atoms. The van der Waals surface area contributed by atoms with Crippen LogP contribution in [0.5, 0.6) is 5.75 Å². The molecule has 2 heterocycles. The Morgan fingerprint density at radius 2 is 1.85 bits per heavy atom. The van der Waals surface area contributed by atoms with Gasteiger partial charge in [0.25, 0.3) is 5.91 Å². The number of hydrogen-bond acceptors (Lipinski definition) is 5. The summed E-state index contributed by atoms with van der Waals surface area (Å²) in [6.45, 7) is 3.26. The van der Waals surface area contributed by atoms with Crippen LogP contribution in [0.15, 0.2) is 60.9 Å². The SMILES string of the molecule is CCOc1ccc(Nc2ncc(C(=O)N3CCc4ccccc43)cn2)cc1. The molecule has 1 amide bonds. The average molecular weight is 360 g/mol. The van der Waals surface area contributed by atoms with Crippen molar-refractivity contribution in [2.45, 2.75) is 13.3 Å². The normalized spacial score (nSPS) is 12.6. The molecule has 4 rings (SSSR count). The van der Waals surface area contributed by atoms with Gasteiger partial charge in [0.05, 0.1) is 12.2 Å². The second-order valence-corrected chi connectivity index (χ2v) is 6.21. The maximum absolute atomic E-state index is 12.8. The Labute approximate surface area is 157 Å². The van der Waals surface area contributed by atoms with E-state index in [9.17, 15) is 4.79 Å². The molecule has 1 aliphatic heterocycles. The largest absolute Gasteiger partial charge is 0.494 e. The number of nitrogens with zero attached hydrogens (tertiary/aromatic N) is 3. The standard InChI is InChI=1S/C21H20N4O2/c1-2-27-18-9-7-17(8-10-18)24-21-22-13-16(14-23-21)20(26)25-12-11-15-5-3-4-6-19(15)25/h3-10,13-14H,2,11-12H2,1H3,(H,22,23,24). The molecule has 0 fully saturated rings. The number of carbonyl (C=O) groups excluding carboxylic acids is 1. The summed E-state index contributed by atoms with van der Waals surface area (Å²) in [6, 6.07) is 15.5.